The molecule has 0 amide bonds. The zero-order valence-corrected chi connectivity index (χ0v) is 12.0. The van der Waals surface area contributed by atoms with Crippen LogP contribution in [-0.2, 0) is 11.3 Å². The van der Waals surface area contributed by atoms with Crippen molar-refractivity contribution in [3.63, 3.8) is 0 Å². The number of hydrogen-bond acceptors (Lipinski definition) is 1. The SMILES string of the molecule is COCc1cccc2ccc3cc4ccccc4cc3c12. The monoisotopic (exact) mass is 272 g/mol. The van der Waals surface area contributed by atoms with Gasteiger partial charge in [-0.2, -0.15) is 0 Å². The number of rotatable bonds is 2. The number of benzene rings is 4. The Hall–Kier alpha value is -2.38. The average Bonchev–Trinajstić information content (AvgIpc) is 2.53. The van der Waals surface area contributed by atoms with Crippen molar-refractivity contribution in [1.82, 2.24) is 0 Å². The Bertz CT molecular complexity index is 954. The minimum Gasteiger partial charge on any atom is -0.380 e. The Labute approximate surface area is 123 Å². The van der Waals surface area contributed by atoms with Crippen LogP contribution in [0.5, 0.6) is 0 Å². The minimum absolute atomic E-state index is 0.642. The number of methoxy groups -OCH3 is 1. The fourth-order valence-electron chi connectivity index (χ4n) is 3.16. The lowest BCUT2D eigenvalue weighted by Crippen LogP contribution is -1.90. The second kappa shape index (κ2) is 4.87. The highest BCUT2D eigenvalue weighted by Gasteiger charge is 2.06. The molecule has 0 N–H and O–H groups in total. The van der Waals surface area contributed by atoms with Crippen LogP contribution in [0.3, 0.4) is 0 Å². The molecule has 0 heterocycles. The molecule has 0 bridgehead atoms. The van der Waals surface area contributed by atoms with Crippen LogP contribution in [0.15, 0.2) is 66.7 Å². The van der Waals surface area contributed by atoms with Crippen molar-refractivity contribution in [2.24, 2.45) is 0 Å². The summed E-state index contributed by atoms with van der Waals surface area (Å²) >= 11 is 0. The number of fused-ring (bicyclic) bond motifs is 4. The van der Waals surface area contributed by atoms with E-state index < -0.39 is 0 Å². The van der Waals surface area contributed by atoms with Gasteiger partial charge in [0.15, 0.2) is 0 Å². The molecule has 0 aliphatic rings. The van der Waals surface area contributed by atoms with E-state index in [4.69, 9.17) is 4.74 Å². The molecular formula is C20H16O. The van der Waals surface area contributed by atoms with Crippen molar-refractivity contribution in [3.05, 3.63) is 72.3 Å². The fraction of sp³-hybridized carbons (Fsp3) is 0.100. The molecule has 0 aliphatic carbocycles. The first-order valence-corrected chi connectivity index (χ1v) is 7.19. The van der Waals surface area contributed by atoms with Crippen LogP contribution >= 0.6 is 0 Å². The summed E-state index contributed by atoms with van der Waals surface area (Å²) in [5.74, 6) is 0. The summed E-state index contributed by atoms with van der Waals surface area (Å²) in [5, 5.41) is 7.73. The summed E-state index contributed by atoms with van der Waals surface area (Å²) in [6.07, 6.45) is 0. The zero-order chi connectivity index (χ0) is 14.2. The van der Waals surface area contributed by atoms with E-state index in [9.17, 15) is 0 Å². The Kier molecular flexibility index (Phi) is 2.87. The number of hydrogen-bond donors (Lipinski definition) is 0. The molecule has 0 atom stereocenters. The Morgan fingerprint density at radius 2 is 1.43 bits per heavy atom. The smallest absolute Gasteiger partial charge is 0.0719 e. The molecule has 21 heavy (non-hydrogen) atoms. The van der Waals surface area contributed by atoms with Crippen LogP contribution in [0.25, 0.3) is 32.3 Å². The highest BCUT2D eigenvalue weighted by molar-refractivity contribution is 6.13. The normalized spacial score (nSPS) is 11.5. The Morgan fingerprint density at radius 1 is 0.714 bits per heavy atom. The van der Waals surface area contributed by atoms with E-state index in [1.54, 1.807) is 7.11 Å². The lowest BCUT2D eigenvalue weighted by Gasteiger charge is -2.10. The van der Waals surface area contributed by atoms with Crippen LogP contribution in [0, 0.1) is 0 Å². The maximum absolute atomic E-state index is 5.37. The molecule has 4 rings (SSSR count). The van der Waals surface area contributed by atoms with Gasteiger partial charge < -0.3 is 4.74 Å². The maximum Gasteiger partial charge on any atom is 0.0719 e. The maximum atomic E-state index is 5.37. The average molecular weight is 272 g/mol. The third kappa shape index (κ3) is 1.98. The molecule has 0 aromatic heterocycles. The molecule has 0 saturated carbocycles. The second-order valence-electron chi connectivity index (χ2n) is 5.43. The van der Waals surface area contributed by atoms with Crippen LogP contribution in [0.4, 0.5) is 0 Å². The molecule has 0 spiro atoms. The largest absolute Gasteiger partial charge is 0.380 e. The zero-order valence-electron chi connectivity index (χ0n) is 12.0. The van der Waals surface area contributed by atoms with Gasteiger partial charge in [0, 0.05) is 7.11 Å². The van der Waals surface area contributed by atoms with Gasteiger partial charge in [0.05, 0.1) is 6.61 Å². The lowest BCUT2D eigenvalue weighted by atomic mass is 9.95. The van der Waals surface area contributed by atoms with Gasteiger partial charge in [-0.15, -0.1) is 0 Å². The van der Waals surface area contributed by atoms with Gasteiger partial charge in [0.2, 0.25) is 0 Å². The third-order valence-corrected chi connectivity index (χ3v) is 4.11. The van der Waals surface area contributed by atoms with Crippen molar-refractivity contribution >= 4 is 32.3 Å². The van der Waals surface area contributed by atoms with E-state index in [2.05, 4.69) is 66.7 Å². The van der Waals surface area contributed by atoms with E-state index in [-0.39, 0.29) is 0 Å². The summed E-state index contributed by atoms with van der Waals surface area (Å²) in [4.78, 5) is 0. The highest BCUT2D eigenvalue weighted by atomic mass is 16.5. The standard InChI is InChI=1S/C20H16O/c1-21-13-18-8-4-7-14-9-10-17-11-15-5-2-3-6-16(15)12-19(17)20(14)18/h2-12H,13H2,1H3. The highest BCUT2D eigenvalue weighted by Crippen LogP contribution is 2.31. The fourth-order valence-corrected chi connectivity index (χ4v) is 3.16. The lowest BCUT2D eigenvalue weighted by molar-refractivity contribution is 0.186. The van der Waals surface area contributed by atoms with Crippen LogP contribution in [-0.4, -0.2) is 7.11 Å². The van der Waals surface area contributed by atoms with Gasteiger partial charge in [0.1, 0.15) is 0 Å². The summed E-state index contributed by atoms with van der Waals surface area (Å²) in [6, 6.07) is 23.9. The molecular weight excluding hydrogens is 256 g/mol. The van der Waals surface area contributed by atoms with E-state index in [0.29, 0.717) is 6.61 Å². The Morgan fingerprint density at radius 3 is 2.24 bits per heavy atom. The van der Waals surface area contributed by atoms with Crippen molar-refractivity contribution in [3.8, 4) is 0 Å². The summed E-state index contributed by atoms with van der Waals surface area (Å²) in [6.45, 7) is 0.642. The molecule has 0 fully saturated rings. The molecule has 4 aromatic rings. The molecule has 102 valence electrons. The first-order chi connectivity index (χ1) is 10.4. The van der Waals surface area contributed by atoms with Crippen LogP contribution < -0.4 is 0 Å². The van der Waals surface area contributed by atoms with Gasteiger partial charge in [-0.05, 0) is 50.0 Å². The predicted molar refractivity (Wildman–Crippen MR) is 89.7 cm³/mol. The topological polar surface area (TPSA) is 9.23 Å². The summed E-state index contributed by atoms with van der Waals surface area (Å²) < 4.78 is 5.37. The molecule has 0 unspecified atom stereocenters. The van der Waals surface area contributed by atoms with Crippen molar-refractivity contribution in [2.45, 2.75) is 6.61 Å². The van der Waals surface area contributed by atoms with E-state index in [1.807, 2.05) is 0 Å². The number of ether oxygens (including phenoxy) is 1. The molecule has 1 heteroatoms. The van der Waals surface area contributed by atoms with Gasteiger partial charge in [0.25, 0.3) is 0 Å². The molecule has 0 saturated heterocycles. The summed E-state index contributed by atoms with van der Waals surface area (Å²) in [7, 11) is 1.75. The van der Waals surface area contributed by atoms with Crippen molar-refractivity contribution < 1.29 is 4.74 Å². The molecule has 4 aromatic carbocycles. The van der Waals surface area contributed by atoms with E-state index in [1.165, 1.54) is 37.9 Å². The van der Waals surface area contributed by atoms with Gasteiger partial charge >= 0.3 is 0 Å². The van der Waals surface area contributed by atoms with E-state index in [0.717, 1.165) is 0 Å². The first kappa shape index (κ1) is 12.4. The molecule has 0 radical (unpaired) electrons. The second-order valence-corrected chi connectivity index (χ2v) is 5.43. The minimum atomic E-state index is 0.642. The van der Waals surface area contributed by atoms with Crippen LogP contribution in [0.1, 0.15) is 5.56 Å². The molecule has 0 aliphatic heterocycles. The van der Waals surface area contributed by atoms with Crippen molar-refractivity contribution in [1.29, 1.82) is 0 Å². The van der Waals surface area contributed by atoms with Gasteiger partial charge in [-0.3, -0.25) is 0 Å². The van der Waals surface area contributed by atoms with E-state index >= 15 is 0 Å². The quantitative estimate of drug-likeness (QED) is 0.356. The van der Waals surface area contributed by atoms with Crippen molar-refractivity contribution in [2.75, 3.05) is 7.11 Å². The third-order valence-electron chi connectivity index (χ3n) is 4.11. The van der Waals surface area contributed by atoms with Gasteiger partial charge in [-0.25, -0.2) is 0 Å². The Balaban J connectivity index is 2.18. The summed E-state index contributed by atoms with van der Waals surface area (Å²) in [5.41, 5.74) is 1.25. The molecule has 1 nitrogen and oxygen atoms in total. The first-order valence-electron chi connectivity index (χ1n) is 7.19. The van der Waals surface area contributed by atoms with Gasteiger partial charge in [-0.1, -0.05) is 54.6 Å². The van der Waals surface area contributed by atoms with Crippen LogP contribution in [0.2, 0.25) is 0 Å². The predicted octanol–water partition coefficient (Wildman–Crippen LogP) is 5.29.